The summed E-state index contributed by atoms with van der Waals surface area (Å²) in [5, 5.41) is 0. The van der Waals surface area contributed by atoms with Crippen LogP contribution in [-0.2, 0) is 0 Å². The maximum atomic E-state index is 11.7. The van der Waals surface area contributed by atoms with Crippen molar-refractivity contribution < 1.29 is 13.2 Å². The minimum atomic E-state index is -4.06. The molecule has 5 heteroatoms. The van der Waals surface area contributed by atoms with Crippen LogP contribution in [0.15, 0.2) is 0 Å². The van der Waals surface area contributed by atoms with Gasteiger partial charge < -0.3 is 0 Å². The molecule has 0 fully saturated rings. The molecule has 0 heterocycles. The molecule has 0 aromatic rings. The average Bonchev–Trinajstić information content (AvgIpc) is 1.97. The molecule has 0 N–H and O–H groups in total. The molecule has 13 heavy (non-hydrogen) atoms. The van der Waals surface area contributed by atoms with Crippen molar-refractivity contribution in [3.8, 4) is 0 Å². The van der Waals surface area contributed by atoms with Gasteiger partial charge in [-0.2, -0.15) is 13.2 Å². The Balaban J connectivity index is 3.25. The molecular formula is C8H14BrF3S. The van der Waals surface area contributed by atoms with Gasteiger partial charge in [-0.3, -0.25) is 0 Å². The smallest absolute Gasteiger partial charge is 0.160 e. The van der Waals surface area contributed by atoms with E-state index in [-0.39, 0.29) is 17.5 Å². The lowest BCUT2D eigenvalue weighted by Crippen LogP contribution is -2.03. The zero-order chi connectivity index (χ0) is 10.3. The Hall–Kier alpha value is 0.620. The predicted octanol–water partition coefficient (Wildman–Crippen LogP) is 4.58. The first-order chi connectivity index (χ1) is 5.95. The molecule has 0 rings (SSSR count). The van der Waals surface area contributed by atoms with Gasteiger partial charge in [-0.05, 0) is 19.3 Å². The largest absolute Gasteiger partial charge is 0.441 e. The van der Waals surface area contributed by atoms with Crippen LogP contribution in [0.2, 0.25) is 0 Å². The average molecular weight is 279 g/mol. The number of alkyl halides is 4. The topological polar surface area (TPSA) is 0 Å². The second-order valence-electron chi connectivity index (χ2n) is 2.82. The molecule has 1 unspecified atom stereocenters. The molecule has 0 aromatic carbocycles. The Morgan fingerprint density at radius 2 is 1.92 bits per heavy atom. The Labute approximate surface area is 89.8 Å². The van der Waals surface area contributed by atoms with Crippen molar-refractivity contribution in [2.45, 2.75) is 42.9 Å². The van der Waals surface area contributed by atoms with Gasteiger partial charge in [0.1, 0.15) is 0 Å². The van der Waals surface area contributed by atoms with E-state index in [1.165, 1.54) is 0 Å². The first kappa shape index (κ1) is 13.6. The van der Waals surface area contributed by atoms with Crippen molar-refractivity contribution in [3.63, 3.8) is 0 Å². The van der Waals surface area contributed by atoms with Crippen LogP contribution in [0.1, 0.15) is 32.6 Å². The maximum absolute atomic E-state index is 11.7. The van der Waals surface area contributed by atoms with E-state index < -0.39 is 5.51 Å². The highest BCUT2D eigenvalue weighted by atomic mass is 79.9. The summed E-state index contributed by atoms with van der Waals surface area (Å²) < 4.78 is 35.0. The minimum absolute atomic E-state index is 0.0728. The van der Waals surface area contributed by atoms with Gasteiger partial charge in [0.15, 0.2) is 0 Å². The quantitative estimate of drug-likeness (QED) is 0.506. The molecule has 0 aliphatic carbocycles. The molecular weight excluding hydrogens is 265 g/mol. The van der Waals surface area contributed by atoms with Crippen LogP contribution in [0.4, 0.5) is 13.2 Å². The van der Waals surface area contributed by atoms with Gasteiger partial charge >= 0.3 is 5.51 Å². The number of hydrogen-bond acceptors (Lipinski definition) is 1. The highest BCUT2D eigenvalue weighted by molar-refractivity contribution is 9.09. The van der Waals surface area contributed by atoms with Crippen LogP contribution in [0.5, 0.6) is 0 Å². The van der Waals surface area contributed by atoms with Gasteiger partial charge in [0, 0.05) is 10.6 Å². The molecule has 0 amide bonds. The van der Waals surface area contributed by atoms with Crippen molar-refractivity contribution in [2.75, 3.05) is 5.75 Å². The monoisotopic (exact) mass is 278 g/mol. The Bertz CT molecular complexity index is 127. The minimum Gasteiger partial charge on any atom is -0.160 e. The lowest BCUT2D eigenvalue weighted by atomic mass is 10.2. The van der Waals surface area contributed by atoms with Crippen LogP contribution in [0, 0.1) is 0 Å². The summed E-state index contributed by atoms with van der Waals surface area (Å²) in [4.78, 5) is 0.381. The normalized spacial score (nSPS) is 14.5. The van der Waals surface area contributed by atoms with E-state index in [0.29, 0.717) is 11.2 Å². The molecule has 0 saturated heterocycles. The molecule has 0 aromatic heterocycles. The first-order valence-electron chi connectivity index (χ1n) is 4.30. The van der Waals surface area contributed by atoms with Crippen LogP contribution in [0.3, 0.4) is 0 Å². The lowest BCUT2D eigenvalue weighted by molar-refractivity contribution is -0.0328. The fourth-order valence-corrected chi connectivity index (χ4v) is 2.27. The summed E-state index contributed by atoms with van der Waals surface area (Å²) in [7, 11) is 0. The Kier molecular flexibility index (Phi) is 7.32. The van der Waals surface area contributed by atoms with E-state index in [9.17, 15) is 13.2 Å². The Morgan fingerprint density at radius 1 is 1.31 bits per heavy atom. The molecule has 0 bridgehead atoms. The first-order valence-corrected chi connectivity index (χ1v) is 6.20. The zero-order valence-electron chi connectivity index (χ0n) is 7.53. The third-order valence-corrected chi connectivity index (χ3v) is 3.27. The van der Waals surface area contributed by atoms with Crippen molar-refractivity contribution in [1.29, 1.82) is 0 Å². The summed E-state index contributed by atoms with van der Waals surface area (Å²) in [6.45, 7) is 2.07. The lowest BCUT2D eigenvalue weighted by Gasteiger charge is -2.08. The molecule has 1 atom stereocenters. The van der Waals surface area contributed by atoms with E-state index in [0.717, 1.165) is 19.3 Å². The molecule has 80 valence electrons. The van der Waals surface area contributed by atoms with Gasteiger partial charge in [0.05, 0.1) is 0 Å². The van der Waals surface area contributed by atoms with Crippen molar-refractivity contribution in [1.82, 2.24) is 0 Å². The van der Waals surface area contributed by atoms with Crippen LogP contribution < -0.4 is 0 Å². The van der Waals surface area contributed by atoms with E-state index in [4.69, 9.17) is 0 Å². The van der Waals surface area contributed by atoms with Gasteiger partial charge in [-0.1, -0.05) is 41.0 Å². The summed E-state index contributed by atoms with van der Waals surface area (Å²) in [6, 6.07) is 0. The Morgan fingerprint density at radius 3 is 2.38 bits per heavy atom. The van der Waals surface area contributed by atoms with Crippen LogP contribution >= 0.6 is 27.7 Å². The highest BCUT2D eigenvalue weighted by Gasteiger charge is 2.27. The number of rotatable bonds is 6. The molecule has 0 radical (unpaired) electrons. The zero-order valence-corrected chi connectivity index (χ0v) is 9.94. The third-order valence-electron chi connectivity index (χ3n) is 1.53. The highest BCUT2D eigenvalue weighted by Crippen LogP contribution is 2.31. The summed E-state index contributed by atoms with van der Waals surface area (Å²) in [6.07, 6.45) is 3.57. The van der Waals surface area contributed by atoms with E-state index >= 15 is 0 Å². The van der Waals surface area contributed by atoms with Gasteiger partial charge in [0.2, 0.25) is 0 Å². The summed E-state index contributed by atoms with van der Waals surface area (Å²) >= 11 is 3.50. The van der Waals surface area contributed by atoms with Gasteiger partial charge in [-0.15, -0.1) is 0 Å². The van der Waals surface area contributed by atoms with Crippen molar-refractivity contribution in [3.05, 3.63) is 0 Å². The standard InChI is InChI=1S/C8H14BrF3S/c1-2-4-7(9)5-3-6-13-8(10,11)12/h7H,2-6H2,1H3. The van der Waals surface area contributed by atoms with E-state index in [2.05, 4.69) is 22.9 Å². The molecule has 0 aliphatic heterocycles. The van der Waals surface area contributed by atoms with Crippen LogP contribution in [0.25, 0.3) is 0 Å². The summed E-state index contributed by atoms with van der Waals surface area (Å²) in [5.74, 6) is 0.176. The molecule has 0 spiro atoms. The second kappa shape index (κ2) is 6.98. The SMILES string of the molecule is CCCC(Br)CCCSC(F)(F)F. The fraction of sp³-hybridized carbons (Fsp3) is 1.00. The van der Waals surface area contributed by atoms with Crippen LogP contribution in [-0.4, -0.2) is 16.1 Å². The second-order valence-corrected chi connectivity index (χ2v) is 5.28. The molecule has 0 saturated carbocycles. The van der Waals surface area contributed by atoms with E-state index in [1.807, 2.05) is 0 Å². The number of hydrogen-bond donors (Lipinski definition) is 0. The van der Waals surface area contributed by atoms with E-state index in [1.54, 1.807) is 0 Å². The number of thioether (sulfide) groups is 1. The van der Waals surface area contributed by atoms with Crippen molar-refractivity contribution >= 4 is 27.7 Å². The predicted molar refractivity (Wildman–Crippen MR) is 55.4 cm³/mol. The number of halogens is 4. The molecule has 0 nitrogen and oxygen atoms in total. The van der Waals surface area contributed by atoms with Crippen molar-refractivity contribution in [2.24, 2.45) is 0 Å². The third kappa shape index (κ3) is 10.5. The van der Waals surface area contributed by atoms with Gasteiger partial charge in [-0.25, -0.2) is 0 Å². The molecule has 0 aliphatic rings. The van der Waals surface area contributed by atoms with Gasteiger partial charge in [0.25, 0.3) is 0 Å². The fourth-order valence-electron chi connectivity index (χ4n) is 0.950. The summed E-state index contributed by atoms with van der Waals surface area (Å²) in [5.41, 5.74) is -4.06. The maximum Gasteiger partial charge on any atom is 0.441 e.